The molecule has 1 aliphatic carbocycles. The van der Waals surface area contributed by atoms with Crippen molar-refractivity contribution < 1.29 is 22.7 Å². The van der Waals surface area contributed by atoms with Crippen LogP contribution in [-0.2, 0) is 10.2 Å². The third-order valence-electron chi connectivity index (χ3n) is 5.84. The van der Waals surface area contributed by atoms with Crippen LogP contribution in [-0.4, -0.2) is 32.9 Å². The Hall–Kier alpha value is -3.92. The van der Waals surface area contributed by atoms with Crippen LogP contribution in [0.25, 0.3) is 22.5 Å². The minimum absolute atomic E-state index is 0.150. The molecule has 0 atom stereocenters. The van der Waals surface area contributed by atoms with Crippen molar-refractivity contribution in [3.63, 3.8) is 0 Å². The van der Waals surface area contributed by atoms with Crippen LogP contribution in [0.2, 0.25) is 5.02 Å². The van der Waals surface area contributed by atoms with Crippen LogP contribution in [0.15, 0.2) is 66.7 Å². The van der Waals surface area contributed by atoms with Crippen LogP contribution in [0.3, 0.4) is 0 Å². The summed E-state index contributed by atoms with van der Waals surface area (Å²) in [5.74, 6) is -0.144. The largest absolute Gasteiger partial charge is 0.573 e. The molecule has 0 bridgehead atoms. The van der Waals surface area contributed by atoms with Gasteiger partial charge in [-0.2, -0.15) is 0 Å². The van der Waals surface area contributed by atoms with Gasteiger partial charge in [0.15, 0.2) is 5.82 Å². The van der Waals surface area contributed by atoms with Crippen molar-refractivity contribution >= 4 is 23.2 Å². The SMILES string of the molecule is O=C(Nc1ccc(-c2ccc(OC(F)(F)F)cc2)c(-c2nnn[nH]2)c1)C1(c2cccc(Cl)c2)CC1. The number of tetrazole rings is 1. The molecule has 0 saturated heterocycles. The third-order valence-corrected chi connectivity index (χ3v) is 6.07. The summed E-state index contributed by atoms with van der Waals surface area (Å²) in [4.78, 5) is 13.2. The van der Waals surface area contributed by atoms with E-state index in [2.05, 4.69) is 30.7 Å². The van der Waals surface area contributed by atoms with Crippen LogP contribution in [0.4, 0.5) is 18.9 Å². The number of benzene rings is 3. The molecule has 3 aromatic carbocycles. The molecule has 1 fully saturated rings. The maximum absolute atomic E-state index is 13.2. The summed E-state index contributed by atoms with van der Waals surface area (Å²) in [6.45, 7) is 0. The molecule has 2 N–H and O–H groups in total. The smallest absolute Gasteiger partial charge is 0.406 e. The van der Waals surface area contributed by atoms with E-state index in [1.165, 1.54) is 24.3 Å². The lowest BCUT2D eigenvalue weighted by atomic mass is 9.94. The maximum atomic E-state index is 13.2. The molecule has 5 rings (SSSR count). The van der Waals surface area contributed by atoms with Crippen molar-refractivity contribution in [3.05, 3.63) is 77.3 Å². The predicted octanol–water partition coefficient (Wildman–Crippen LogP) is 5.76. The highest BCUT2D eigenvalue weighted by Crippen LogP contribution is 2.49. The first-order valence-electron chi connectivity index (χ1n) is 10.6. The second kappa shape index (κ2) is 8.70. The first-order valence-corrected chi connectivity index (χ1v) is 10.9. The number of carbonyl (C=O) groups is 1. The quantitative estimate of drug-likeness (QED) is 0.352. The van der Waals surface area contributed by atoms with Gasteiger partial charge in [0.1, 0.15) is 5.75 Å². The first-order chi connectivity index (χ1) is 16.7. The van der Waals surface area contributed by atoms with E-state index in [0.717, 1.165) is 5.56 Å². The minimum atomic E-state index is -4.78. The number of alkyl halides is 3. The fourth-order valence-electron chi connectivity index (χ4n) is 3.99. The van der Waals surface area contributed by atoms with Gasteiger partial charge in [-0.05, 0) is 76.4 Å². The van der Waals surface area contributed by atoms with Gasteiger partial charge in [0, 0.05) is 16.3 Å². The number of hydrogen-bond acceptors (Lipinski definition) is 5. The molecule has 1 aliphatic rings. The highest BCUT2D eigenvalue weighted by atomic mass is 35.5. The van der Waals surface area contributed by atoms with Crippen LogP contribution < -0.4 is 10.1 Å². The van der Waals surface area contributed by atoms with Crippen molar-refractivity contribution in [2.45, 2.75) is 24.6 Å². The molecule has 4 aromatic rings. The van der Waals surface area contributed by atoms with Crippen molar-refractivity contribution in [2.24, 2.45) is 0 Å². The molecular formula is C24H17ClF3N5O2. The second-order valence-corrected chi connectivity index (χ2v) is 8.57. The monoisotopic (exact) mass is 499 g/mol. The van der Waals surface area contributed by atoms with Gasteiger partial charge >= 0.3 is 6.36 Å². The minimum Gasteiger partial charge on any atom is -0.406 e. The summed E-state index contributed by atoms with van der Waals surface area (Å²) < 4.78 is 41.4. The number of H-pyrrole nitrogens is 1. The molecule has 1 saturated carbocycles. The Kier molecular flexibility index (Phi) is 5.68. The lowest BCUT2D eigenvalue weighted by Crippen LogP contribution is -2.27. The summed E-state index contributed by atoms with van der Waals surface area (Å²) in [5, 5.41) is 17.4. The van der Waals surface area contributed by atoms with E-state index in [1.807, 2.05) is 12.1 Å². The second-order valence-electron chi connectivity index (χ2n) is 8.13. The topological polar surface area (TPSA) is 92.8 Å². The number of aromatic amines is 1. The molecule has 1 heterocycles. The van der Waals surface area contributed by atoms with Crippen molar-refractivity contribution in [3.8, 4) is 28.3 Å². The number of aromatic nitrogens is 4. The molecule has 0 spiro atoms. The predicted molar refractivity (Wildman–Crippen MR) is 123 cm³/mol. The van der Waals surface area contributed by atoms with Gasteiger partial charge in [0.25, 0.3) is 0 Å². The number of nitrogens with one attached hydrogen (secondary N) is 2. The molecule has 1 aromatic heterocycles. The summed E-state index contributed by atoms with van der Waals surface area (Å²) in [6, 6.07) is 17.9. The van der Waals surface area contributed by atoms with Crippen LogP contribution >= 0.6 is 11.6 Å². The molecule has 0 aliphatic heterocycles. The van der Waals surface area contributed by atoms with Crippen LogP contribution in [0.5, 0.6) is 5.75 Å². The van der Waals surface area contributed by atoms with E-state index < -0.39 is 11.8 Å². The van der Waals surface area contributed by atoms with Gasteiger partial charge in [0.05, 0.1) is 5.41 Å². The number of halogens is 4. The Balaban J connectivity index is 1.44. The lowest BCUT2D eigenvalue weighted by Gasteiger charge is -2.17. The average Bonchev–Trinajstić information content (AvgIpc) is 3.46. The van der Waals surface area contributed by atoms with Gasteiger partial charge in [-0.25, -0.2) is 5.10 Å². The fourth-order valence-corrected chi connectivity index (χ4v) is 4.18. The number of nitrogens with zero attached hydrogens (tertiary/aromatic N) is 3. The number of rotatable bonds is 6. The van der Waals surface area contributed by atoms with Gasteiger partial charge in [-0.1, -0.05) is 41.9 Å². The summed E-state index contributed by atoms with van der Waals surface area (Å²) in [5.41, 5.74) is 2.57. The van der Waals surface area contributed by atoms with Gasteiger partial charge in [0.2, 0.25) is 5.91 Å². The van der Waals surface area contributed by atoms with Crippen molar-refractivity contribution in [1.29, 1.82) is 0 Å². The van der Waals surface area contributed by atoms with Crippen LogP contribution in [0, 0.1) is 0 Å². The van der Waals surface area contributed by atoms with Crippen LogP contribution in [0.1, 0.15) is 18.4 Å². The Bertz CT molecular complexity index is 1370. The van der Waals surface area contributed by atoms with Gasteiger partial charge in [-0.3, -0.25) is 4.79 Å². The van der Waals surface area contributed by atoms with E-state index in [4.69, 9.17) is 11.6 Å². The number of carbonyl (C=O) groups excluding carboxylic acids is 1. The lowest BCUT2D eigenvalue weighted by molar-refractivity contribution is -0.274. The molecule has 35 heavy (non-hydrogen) atoms. The first kappa shape index (κ1) is 22.9. The van der Waals surface area contributed by atoms with Gasteiger partial charge < -0.3 is 10.1 Å². The average molecular weight is 500 g/mol. The Labute approximate surface area is 202 Å². The Morgan fingerprint density at radius 1 is 1.03 bits per heavy atom. The normalized spacial score (nSPS) is 14.4. The number of ether oxygens (including phenoxy) is 1. The summed E-state index contributed by atoms with van der Waals surface area (Å²) in [6.07, 6.45) is -3.35. The van der Waals surface area contributed by atoms with Crippen molar-refractivity contribution in [2.75, 3.05) is 5.32 Å². The molecule has 7 nitrogen and oxygen atoms in total. The van der Waals surface area contributed by atoms with E-state index in [-0.39, 0.29) is 11.7 Å². The number of anilines is 1. The number of hydrogen-bond donors (Lipinski definition) is 2. The third kappa shape index (κ3) is 4.83. The van der Waals surface area contributed by atoms with E-state index >= 15 is 0 Å². The fraction of sp³-hybridized carbons (Fsp3) is 0.167. The Morgan fingerprint density at radius 3 is 2.43 bits per heavy atom. The molecule has 0 unspecified atom stereocenters. The van der Waals surface area contributed by atoms with E-state index in [9.17, 15) is 18.0 Å². The maximum Gasteiger partial charge on any atom is 0.573 e. The van der Waals surface area contributed by atoms with E-state index in [0.29, 0.717) is 46.1 Å². The molecule has 0 radical (unpaired) electrons. The molecule has 11 heteroatoms. The van der Waals surface area contributed by atoms with E-state index in [1.54, 1.807) is 30.3 Å². The van der Waals surface area contributed by atoms with Crippen molar-refractivity contribution in [1.82, 2.24) is 20.6 Å². The summed E-state index contributed by atoms with van der Waals surface area (Å²) in [7, 11) is 0. The highest BCUT2D eigenvalue weighted by molar-refractivity contribution is 6.30. The molecule has 1 amide bonds. The highest BCUT2D eigenvalue weighted by Gasteiger charge is 2.51. The zero-order valence-electron chi connectivity index (χ0n) is 17.9. The number of amides is 1. The zero-order valence-corrected chi connectivity index (χ0v) is 18.7. The van der Waals surface area contributed by atoms with Gasteiger partial charge in [-0.15, -0.1) is 18.3 Å². The molecular weight excluding hydrogens is 483 g/mol. The summed E-state index contributed by atoms with van der Waals surface area (Å²) >= 11 is 6.12. The molecule has 178 valence electrons. The standard InChI is InChI=1S/C24H17ClF3N5O2/c25-16-3-1-2-15(12-16)23(10-11-23)22(34)29-17-6-9-19(20(13-17)21-30-32-33-31-21)14-4-7-18(8-5-14)35-24(26,27)28/h1-9,12-13H,10-11H2,(H,29,34)(H,30,31,32,33). The zero-order chi connectivity index (χ0) is 24.6. The Morgan fingerprint density at radius 2 is 1.80 bits per heavy atom.